The number of H-pyrrole nitrogens is 1. The minimum absolute atomic E-state index is 0.0945. The number of hydrogen-bond donors (Lipinski definition) is 2. The van der Waals surface area contributed by atoms with Crippen LogP contribution in [0.15, 0.2) is 30.5 Å². The van der Waals surface area contributed by atoms with Crippen LogP contribution in [-0.2, 0) is 4.79 Å². The zero-order valence-corrected chi connectivity index (χ0v) is 16.1. The molecule has 0 aliphatic heterocycles. The van der Waals surface area contributed by atoms with Crippen molar-refractivity contribution in [3.63, 3.8) is 0 Å². The van der Waals surface area contributed by atoms with Crippen LogP contribution in [-0.4, -0.2) is 20.5 Å². The smallest absolute Gasteiger partial charge is 0.227 e. The summed E-state index contributed by atoms with van der Waals surface area (Å²) in [7, 11) is 0. The highest BCUT2D eigenvalue weighted by atomic mass is 16.1. The van der Waals surface area contributed by atoms with Crippen LogP contribution >= 0.6 is 0 Å². The Labute approximate surface area is 154 Å². The lowest BCUT2D eigenvalue weighted by molar-refractivity contribution is -0.120. The molecule has 138 valence electrons. The molecule has 3 rings (SSSR count). The Hall–Kier alpha value is -2.56. The minimum atomic E-state index is 0.0945. The maximum Gasteiger partial charge on any atom is 0.227 e. The summed E-state index contributed by atoms with van der Waals surface area (Å²) in [6.07, 6.45) is 6.05. The van der Waals surface area contributed by atoms with Crippen LogP contribution in [0.2, 0.25) is 0 Å². The third-order valence-electron chi connectivity index (χ3n) is 5.12. The first-order valence-electron chi connectivity index (χ1n) is 9.49. The van der Waals surface area contributed by atoms with E-state index in [1.165, 1.54) is 0 Å². The second kappa shape index (κ2) is 7.77. The van der Waals surface area contributed by atoms with E-state index < -0.39 is 0 Å². The first-order chi connectivity index (χ1) is 12.5. The Balaban J connectivity index is 1.72. The highest BCUT2D eigenvalue weighted by Gasteiger charge is 2.16. The average molecular weight is 352 g/mol. The number of anilines is 1. The summed E-state index contributed by atoms with van der Waals surface area (Å²) < 4.78 is 1.88. The molecule has 1 amide bonds. The van der Waals surface area contributed by atoms with Crippen molar-refractivity contribution in [1.29, 1.82) is 0 Å². The summed E-state index contributed by atoms with van der Waals surface area (Å²) in [5.41, 5.74) is 6.16. The van der Waals surface area contributed by atoms with Crippen molar-refractivity contribution in [2.24, 2.45) is 5.92 Å². The number of unbranched alkanes of at least 4 members (excludes halogenated alkanes) is 1. The van der Waals surface area contributed by atoms with Crippen LogP contribution in [0.5, 0.6) is 0 Å². The van der Waals surface area contributed by atoms with Crippen LogP contribution in [0.25, 0.3) is 16.9 Å². The molecule has 2 aromatic heterocycles. The summed E-state index contributed by atoms with van der Waals surface area (Å²) in [6, 6.07) is 7.97. The van der Waals surface area contributed by atoms with Gasteiger partial charge in [-0.15, -0.1) is 0 Å². The highest BCUT2D eigenvalue weighted by molar-refractivity contribution is 5.92. The molecular formula is C21H28N4O. The van der Waals surface area contributed by atoms with E-state index >= 15 is 0 Å². The number of imidazole rings is 1. The molecule has 3 aromatic rings. The second-order valence-electron chi connectivity index (χ2n) is 6.99. The number of aromatic amines is 1. The van der Waals surface area contributed by atoms with Gasteiger partial charge in [0.15, 0.2) is 0 Å². The van der Waals surface area contributed by atoms with Gasteiger partial charge in [-0.1, -0.05) is 38.8 Å². The second-order valence-corrected chi connectivity index (χ2v) is 6.99. The molecule has 0 aliphatic carbocycles. The monoisotopic (exact) mass is 352 g/mol. The van der Waals surface area contributed by atoms with E-state index in [9.17, 15) is 4.79 Å². The third kappa shape index (κ3) is 3.66. The van der Waals surface area contributed by atoms with Crippen LogP contribution < -0.4 is 5.32 Å². The van der Waals surface area contributed by atoms with Gasteiger partial charge < -0.3 is 10.3 Å². The van der Waals surface area contributed by atoms with E-state index in [1.54, 1.807) is 0 Å². The third-order valence-corrected chi connectivity index (χ3v) is 5.12. The molecule has 1 atom stereocenters. The molecule has 0 saturated carbocycles. The number of carbonyl (C=O) groups excluding carboxylic acids is 1. The summed E-state index contributed by atoms with van der Waals surface area (Å²) in [5.74, 6) is 0.218. The highest BCUT2D eigenvalue weighted by Crippen LogP contribution is 2.24. The van der Waals surface area contributed by atoms with E-state index in [1.807, 2.05) is 41.9 Å². The van der Waals surface area contributed by atoms with Gasteiger partial charge in [0.05, 0.1) is 17.6 Å². The molecular weight excluding hydrogens is 324 g/mol. The van der Waals surface area contributed by atoms with Crippen molar-refractivity contribution in [3.8, 4) is 11.3 Å². The van der Waals surface area contributed by atoms with E-state index in [4.69, 9.17) is 0 Å². The molecule has 1 unspecified atom stereocenters. The van der Waals surface area contributed by atoms with Crippen molar-refractivity contribution in [2.45, 2.75) is 53.4 Å². The number of nitrogens with zero attached hydrogens (tertiary/aromatic N) is 2. The summed E-state index contributed by atoms with van der Waals surface area (Å²) in [4.78, 5) is 15.9. The number of fused-ring (bicyclic) bond motifs is 1. The normalized spacial score (nSPS) is 12.5. The summed E-state index contributed by atoms with van der Waals surface area (Å²) in [5, 5.41) is 7.55. The number of hydrogen-bond acceptors (Lipinski definition) is 2. The van der Waals surface area contributed by atoms with Crippen LogP contribution in [0.1, 0.15) is 50.8 Å². The van der Waals surface area contributed by atoms with Crippen molar-refractivity contribution in [3.05, 3.63) is 41.7 Å². The summed E-state index contributed by atoms with van der Waals surface area (Å²) in [6.45, 7) is 8.31. The Kier molecular flexibility index (Phi) is 5.45. The first kappa shape index (κ1) is 18.2. The van der Waals surface area contributed by atoms with Crippen molar-refractivity contribution in [2.75, 3.05) is 5.32 Å². The zero-order chi connectivity index (χ0) is 18.7. The van der Waals surface area contributed by atoms with Gasteiger partial charge in [0, 0.05) is 17.2 Å². The molecule has 5 nitrogen and oxygen atoms in total. The van der Waals surface area contributed by atoms with Gasteiger partial charge in [-0.25, -0.2) is 4.52 Å². The molecule has 1 aromatic carbocycles. The van der Waals surface area contributed by atoms with Gasteiger partial charge in [-0.05, 0) is 44.4 Å². The maximum atomic E-state index is 12.4. The van der Waals surface area contributed by atoms with Gasteiger partial charge in [0.25, 0.3) is 0 Å². The number of carbonyl (C=O) groups is 1. The van der Waals surface area contributed by atoms with Crippen LogP contribution in [0.4, 0.5) is 5.69 Å². The number of aromatic nitrogens is 3. The van der Waals surface area contributed by atoms with Gasteiger partial charge in [-0.3, -0.25) is 4.79 Å². The quantitative estimate of drug-likeness (QED) is 0.621. The topological polar surface area (TPSA) is 62.2 Å². The van der Waals surface area contributed by atoms with E-state index in [2.05, 4.69) is 36.2 Å². The lowest BCUT2D eigenvalue weighted by atomic mass is 9.98. The van der Waals surface area contributed by atoms with Gasteiger partial charge in [0.2, 0.25) is 5.91 Å². The molecule has 0 radical (unpaired) electrons. The van der Waals surface area contributed by atoms with Crippen LogP contribution in [0.3, 0.4) is 0 Å². The fourth-order valence-corrected chi connectivity index (χ4v) is 3.25. The Morgan fingerprint density at radius 1 is 1.23 bits per heavy atom. The fourth-order valence-electron chi connectivity index (χ4n) is 3.25. The van der Waals surface area contributed by atoms with Crippen molar-refractivity contribution in [1.82, 2.24) is 14.6 Å². The van der Waals surface area contributed by atoms with Crippen molar-refractivity contribution < 1.29 is 4.79 Å². The largest absolute Gasteiger partial charge is 0.338 e. The van der Waals surface area contributed by atoms with Gasteiger partial charge >= 0.3 is 0 Å². The molecule has 0 saturated heterocycles. The zero-order valence-electron chi connectivity index (χ0n) is 16.1. The number of rotatable bonds is 7. The lowest BCUT2D eigenvalue weighted by Crippen LogP contribution is -2.22. The van der Waals surface area contributed by atoms with E-state index in [0.29, 0.717) is 0 Å². The molecule has 26 heavy (non-hydrogen) atoms. The van der Waals surface area contributed by atoms with E-state index in [-0.39, 0.29) is 11.8 Å². The molecule has 0 fully saturated rings. The number of benzene rings is 1. The first-order valence-corrected chi connectivity index (χ1v) is 9.49. The minimum Gasteiger partial charge on any atom is -0.338 e. The fraction of sp³-hybridized carbons (Fsp3) is 0.429. The van der Waals surface area contributed by atoms with Crippen LogP contribution in [0, 0.1) is 19.8 Å². The number of amides is 1. The Morgan fingerprint density at radius 3 is 2.58 bits per heavy atom. The van der Waals surface area contributed by atoms with Crippen molar-refractivity contribution >= 4 is 17.2 Å². The number of nitrogens with one attached hydrogen (secondary N) is 2. The van der Waals surface area contributed by atoms with Gasteiger partial charge in [0.1, 0.15) is 5.65 Å². The Morgan fingerprint density at radius 2 is 1.96 bits per heavy atom. The summed E-state index contributed by atoms with van der Waals surface area (Å²) >= 11 is 0. The average Bonchev–Trinajstić information content (AvgIpc) is 3.16. The predicted molar refractivity (Wildman–Crippen MR) is 106 cm³/mol. The Bertz CT molecular complexity index is 889. The van der Waals surface area contributed by atoms with Gasteiger partial charge in [-0.2, -0.15) is 5.10 Å². The predicted octanol–water partition coefficient (Wildman–Crippen LogP) is 5.10. The molecule has 0 aliphatic rings. The maximum absolute atomic E-state index is 12.4. The lowest BCUT2D eigenvalue weighted by Gasteiger charge is -2.14. The molecule has 2 heterocycles. The molecule has 5 heteroatoms. The molecule has 0 bridgehead atoms. The molecule has 2 N–H and O–H groups in total. The van der Waals surface area contributed by atoms with E-state index in [0.717, 1.165) is 59.5 Å². The number of aryl methyl sites for hydroxylation is 2. The molecule has 0 spiro atoms. The standard InChI is InChI=1S/C21H28N4O/c1-5-7-8-16(6-2)21(26)22-18-11-9-17(10-12-18)19-13-25-20(23-19)14(3)15(4)24-25/h9-13,16,23H,5-8H2,1-4H3,(H,22,26). The SMILES string of the molecule is CCCCC(CC)C(=O)Nc1ccc(-c2cn3nc(C)c(C)c3[nH]2)cc1.